The molecule has 9 heteroatoms. The molecule has 0 saturated heterocycles. The molecule has 0 bridgehead atoms. The molecule has 0 heterocycles. The van der Waals surface area contributed by atoms with Crippen molar-refractivity contribution in [2.45, 2.75) is 246 Å². The number of unbranched alkanes of at least 4 members (excludes halogenated alkanes) is 26. The third-order valence-electron chi connectivity index (χ3n) is 12.3. The molecular weight excluding hydrogens is 805 g/mol. The number of benzene rings is 2. The molecule has 0 spiro atoms. The van der Waals surface area contributed by atoms with E-state index in [-0.39, 0.29) is 13.2 Å². The van der Waals surface area contributed by atoms with Crippen molar-refractivity contribution in [1.82, 2.24) is 0 Å². The minimum absolute atomic E-state index is 0.149. The normalized spacial score (nSPS) is 12.2. The summed E-state index contributed by atoms with van der Waals surface area (Å²) in [6.45, 7) is 11.9. The Labute approximate surface area is 389 Å². The van der Waals surface area contributed by atoms with Gasteiger partial charge in [0.15, 0.2) is 0 Å². The highest BCUT2D eigenvalue weighted by molar-refractivity contribution is 5.91. The molecule has 9 nitrogen and oxygen atoms in total. The Hall–Kier alpha value is -3.43. The van der Waals surface area contributed by atoms with Gasteiger partial charge in [0.1, 0.15) is 25.4 Å². The molecule has 2 atom stereocenters. The lowest BCUT2D eigenvalue weighted by molar-refractivity contribution is -0.285. The molecule has 64 heavy (non-hydrogen) atoms. The highest BCUT2D eigenvalue weighted by Crippen LogP contribution is 2.19. The van der Waals surface area contributed by atoms with Gasteiger partial charge in [-0.1, -0.05) is 229 Å². The minimum Gasteiger partial charge on any atom is -0.431 e. The van der Waals surface area contributed by atoms with Gasteiger partial charge in [-0.2, -0.15) is 9.78 Å². The Bertz CT molecular complexity index is 1400. The van der Waals surface area contributed by atoms with Gasteiger partial charge in [0.2, 0.25) is 0 Å². The van der Waals surface area contributed by atoms with Crippen LogP contribution >= 0.6 is 0 Å². The van der Waals surface area contributed by atoms with E-state index in [4.69, 9.17) is 29.0 Å². The first-order valence-corrected chi connectivity index (χ1v) is 25.8. The maximum Gasteiger partial charge on any atom is 0.508 e. The quantitative estimate of drug-likeness (QED) is 0.0280. The number of hydrogen-bond acceptors (Lipinski definition) is 9. The maximum atomic E-state index is 13.0. The summed E-state index contributed by atoms with van der Waals surface area (Å²) in [6.07, 6.45) is 33.8. The standard InChI is InChI=1S/C55H90O9/c1-7-9-11-13-15-17-19-21-23-25-27-29-31-33-35-49(61-63-53(56)51-39-37-45(3)41-47(51)5)43-59-55(58)60-44-50(62-64-54(57)52-40-38-46(4)42-48(52)6)36-34-32-30-28-26-24-22-20-18-16-14-12-10-8-2/h37-42,49-50H,7-36,43-44H2,1-6H3. The smallest absolute Gasteiger partial charge is 0.431 e. The zero-order chi connectivity index (χ0) is 46.5. The van der Waals surface area contributed by atoms with E-state index in [1.165, 1.54) is 141 Å². The SMILES string of the molecule is CCCCCCCCCCCCCCCCC(COC(=O)OCC(CCCCCCCCCCCCCCCC)OOC(=O)c1ccc(C)cc1C)OOC(=O)c1ccc(C)cc1C. The van der Waals surface area contributed by atoms with Crippen molar-refractivity contribution in [2.75, 3.05) is 13.2 Å². The fourth-order valence-electron chi connectivity index (χ4n) is 8.21. The van der Waals surface area contributed by atoms with Gasteiger partial charge in [-0.3, -0.25) is 9.78 Å². The summed E-state index contributed by atoms with van der Waals surface area (Å²) in [7, 11) is 0. The molecule has 0 aliphatic carbocycles. The van der Waals surface area contributed by atoms with Crippen LogP contribution in [-0.4, -0.2) is 43.5 Å². The molecule has 0 amide bonds. The predicted molar refractivity (Wildman–Crippen MR) is 260 cm³/mol. The molecule has 2 unspecified atom stereocenters. The van der Waals surface area contributed by atoms with Crippen LogP contribution in [0.25, 0.3) is 0 Å². The average Bonchev–Trinajstić information content (AvgIpc) is 3.27. The van der Waals surface area contributed by atoms with E-state index in [2.05, 4.69) is 13.8 Å². The van der Waals surface area contributed by atoms with Gasteiger partial charge >= 0.3 is 18.1 Å². The van der Waals surface area contributed by atoms with Crippen molar-refractivity contribution in [2.24, 2.45) is 0 Å². The number of hydrogen-bond donors (Lipinski definition) is 0. The highest BCUT2D eigenvalue weighted by Gasteiger charge is 2.22. The van der Waals surface area contributed by atoms with Gasteiger partial charge in [-0.15, -0.1) is 0 Å². The monoisotopic (exact) mass is 895 g/mol. The molecule has 2 aromatic carbocycles. The third-order valence-corrected chi connectivity index (χ3v) is 12.3. The molecule has 0 aliphatic rings. The fourth-order valence-corrected chi connectivity index (χ4v) is 8.21. The predicted octanol–water partition coefficient (Wildman–Crippen LogP) is 16.4. The summed E-state index contributed by atoms with van der Waals surface area (Å²) in [5, 5.41) is 0. The van der Waals surface area contributed by atoms with Crippen LogP contribution in [0.2, 0.25) is 0 Å². The number of aryl methyl sites for hydroxylation is 4. The van der Waals surface area contributed by atoms with E-state index < -0.39 is 30.3 Å². The van der Waals surface area contributed by atoms with Crippen molar-refractivity contribution in [3.63, 3.8) is 0 Å². The van der Waals surface area contributed by atoms with Crippen LogP contribution < -0.4 is 0 Å². The van der Waals surface area contributed by atoms with E-state index in [9.17, 15) is 14.4 Å². The molecule has 0 saturated carbocycles. The number of ether oxygens (including phenoxy) is 2. The van der Waals surface area contributed by atoms with Gasteiger partial charge in [-0.05, 0) is 63.8 Å². The van der Waals surface area contributed by atoms with Gasteiger partial charge in [0.05, 0.1) is 11.1 Å². The van der Waals surface area contributed by atoms with Crippen molar-refractivity contribution < 1.29 is 43.4 Å². The zero-order valence-electron chi connectivity index (χ0n) is 41.4. The molecule has 0 N–H and O–H groups in total. The summed E-state index contributed by atoms with van der Waals surface area (Å²) < 4.78 is 11.0. The van der Waals surface area contributed by atoms with Crippen LogP contribution in [-0.2, 0) is 29.0 Å². The van der Waals surface area contributed by atoms with Crippen molar-refractivity contribution in [1.29, 1.82) is 0 Å². The molecule has 0 aliphatic heterocycles. The van der Waals surface area contributed by atoms with Crippen molar-refractivity contribution >= 4 is 18.1 Å². The van der Waals surface area contributed by atoms with Gasteiger partial charge in [0.25, 0.3) is 0 Å². The van der Waals surface area contributed by atoms with Crippen molar-refractivity contribution in [3.8, 4) is 0 Å². The van der Waals surface area contributed by atoms with Crippen molar-refractivity contribution in [3.05, 3.63) is 69.8 Å². The summed E-state index contributed by atoms with van der Waals surface area (Å²) in [5.74, 6) is -1.19. The second kappa shape index (κ2) is 37.8. The zero-order valence-corrected chi connectivity index (χ0v) is 41.4. The van der Waals surface area contributed by atoms with Crippen LogP contribution in [0.5, 0.6) is 0 Å². The van der Waals surface area contributed by atoms with E-state index >= 15 is 0 Å². The number of carbonyl (C=O) groups is 3. The van der Waals surface area contributed by atoms with Gasteiger partial charge in [0, 0.05) is 0 Å². The van der Waals surface area contributed by atoms with Crippen LogP contribution in [0.3, 0.4) is 0 Å². The first-order chi connectivity index (χ1) is 31.1. The summed E-state index contributed by atoms with van der Waals surface area (Å²) in [6, 6.07) is 11.0. The van der Waals surface area contributed by atoms with E-state index in [0.717, 1.165) is 60.8 Å². The van der Waals surface area contributed by atoms with Crippen LogP contribution in [0.4, 0.5) is 4.79 Å². The Morgan fingerprint density at radius 2 is 0.688 bits per heavy atom. The first kappa shape index (κ1) is 56.7. The molecule has 364 valence electrons. The maximum absolute atomic E-state index is 13.0. The second-order valence-corrected chi connectivity index (χ2v) is 18.5. The van der Waals surface area contributed by atoms with E-state index in [1.807, 2.05) is 52.0 Å². The van der Waals surface area contributed by atoms with Crippen LogP contribution in [0.15, 0.2) is 36.4 Å². The second-order valence-electron chi connectivity index (χ2n) is 18.5. The average molecular weight is 895 g/mol. The topological polar surface area (TPSA) is 107 Å². The Balaban J connectivity index is 1.84. The minimum atomic E-state index is -0.898. The Kier molecular flexibility index (Phi) is 33.4. The molecule has 2 aromatic rings. The molecular formula is C55H90O9. The summed E-state index contributed by atoms with van der Waals surface area (Å²) in [5.41, 5.74) is 4.52. The number of carbonyl (C=O) groups excluding carboxylic acids is 3. The third kappa shape index (κ3) is 28.5. The molecule has 0 fully saturated rings. The lowest BCUT2D eigenvalue weighted by Gasteiger charge is -2.18. The fraction of sp³-hybridized carbons (Fsp3) is 0.727. The van der Waals surface area contributed by atoms with Crippen LogP contribution in [0, 0.1) is 27.7 Å². The van der Waals surface area contributed by atoms with Crippen LogP contribution in [0.1, 0.15) is 249 Å². The van der Waals surface area contributed by atoms with E-state index in [0.29, 0.717) is 24.0 Å². The lowest BCUT2D eigenvalue weighted by atomic mass is 10.0. The summed E-state index contributed by atoms with van der Waals surface area (Å²) >= 11 is 0. The lowest BCUT2D eigenvalue weighted by Crippen LogP contribution is -2.27. The Morgan fingerprint density at radius 1 is 0.406 bits per heavy atom. The summed E-state index contributed by atoms with van der Waals surface area (Å²) in [4.78, 5) is 60.7. The van der Waals surface area contributed by atoms with Gasteiger partial charge in [-0.25, -0.2) is 14.4 Å². The Morgan fingerprint density at radius 3 is 0.969 bits per heavy atom. The first-order valence-electron chi connectivity index (χ1n) is 25.8. The largest absolute Gasteiger partial charge is 0.508 e. The van der Waals surface area contributed by atoms with E-state index in [1.54, 1.807) is 12.1 Å². The van der Waals surface area contributed by atoms with Gasteiger partial charge < -0.3 is 9.47 Å². The molecule has 0 radical (unpaired) electrons. The highest BCUT2D eigenvalue weighted by atomic mass is 17.2. The number of rotatable bonds is 40. The molecule has 2 rings (SSSR count). The molecule has 0 aromatic heterocycles.